The molecular weight excluding hydrogens is 494 g/mol. The van der Waals surface area contributed by atoms with E-state index in [1.54, 1.807) is 20.8 Å². The maximum atomic E-state index is 11.5. The standard InChI is InChI=1S/C32H59NO6/c1-5-6-7-8-9-10-11-12-13-14-15-16-17-18-19-23-33(24-20-27(2)30(34)35,25-21-28(3)31(36)37)26-22-29(4)32(38)39/h7-8,27-29H,5-6,9-26H2,1-4H3,(H2-,34,35,36,37,38,39)/p+1/b8-7+. The minimum Gasteiger partial charge on any atom is -0.481 e. The number of quaternary nitrogens is 1. The molecular formula is C32H60NO6+. The lowest BCUT2D eigenvalue weighted by Crippen LogP contribution is -2.52. The van der Waals surface area contributed by atoms with E-state index in [0.29, 0.717) is 43.4 Å². The van der Waals surface area contributed by atoms with Crippen LogP contribution in [0, 0.1) is 17.8 Å². The molecule has 0 spiro atoms. The van der Waals surface area contributed by atoms with Gasteiger partial charge in [0.15, 0.2) is 0 Å². The van der Waals surface area contributed by atoms with Gasteiger partial charge < -0.3 is 19.8 Å². The number of allylic oxidation sites excluding steroid dienone is 2. The van der Waals surface area contributed by atoms with Crippen molar-refractivity contribution >= 4 is 17.9 Å². The van der Waals surface area contributed by atoms with Crippen LogP contribution in [0.2, 0.25) is 0 Å². The molecule has 0 aromatic rings. The molecule has 0 aliphatic rings. The molecule has 0 rings (SSSR count). The number of hydrogen-bond donors (Lipinski definition) is 3. The Morgan fingerprint density at radius 2 is 0.872 bits per heavy atom. The van der Waals surface area contributed by atoms with Gasteiger partial charge in [-0.15, -0.1) is 0 Å². The van der Waals surface area contributed by atoms with E-state index < -0.39 is 35.7 Å². The molecule has 0 heterocycles. The van der Waals surface area contributed by atoms with Crippen LogP contribution >= 0.6 is 0 Å². The normalized spacial score (nSPS) is 15.6. The lowest BCUT2D eigenvalue weighted by atomic mass is 10.0. The highest BCUT2D eigenvalue weighted by Gasteiger charge is 2.31. The molecule has 0 radical (unpaired) electrons. The zero-order chi connectivity index (χ0) is 29.5. The van der Waals surface area contributed by atoms with E-state index >= 15 is 0 Å². The number of aliphatic carboxylic acids is 3. The predicted octanol–water partition coefficient (Wildman–Crippen LogP) is 7.78. The summed E-state index contributed by atoms with van der Waals surface area (Å²) in [6.45, 7) is 10.1. The van der Waals surface area contributed by atoms with Crippen LogP contribution in [-0.4, -0.2) is 63.9 Å². The van der Waals surface area contributed by atoms with Crippen LogP contribution in [0.3, 0.4) is 0 Å². The first kappa shape index (κ1) is 37.1. The lowest BCUT2D eigenvalue weighted by Gasteiger charge is -2.40. The van der Waals surface area contributed by atoms with Gasteiger partial charge in [-0.05, 0) is 32.1 Å². The van der Waals surface area contributed by atoms with Crippen LogP contribution in [0.25, 0.3) is 0 Å². The van der Waals surface area contributed by atoms with Gasteiger partial charge in [0, 0.05) is 19.3 Å². The van der Waals surface area contributed by atoms with Gasteiger partial charge in [0.25, 0.3) is 0 Å². The van der Waals surface area contributed by atoms with Crippen LogP contribution in [0.1, 0.15) is 130 Å². The van der Waals surface area contributed by atoms with Gasteiger partial charge >= 0.3 is 17.9 Å². The molecule has 7 nitrogen and oxygen atoms in total. The second-order valence-corrected chi connectivity index (χ2v) is 11.9. The fourth-order valence-corrected chi connectivity index (χ4v) is 4.97. The Labute approximate surface area is 238 Å². The van der Waals surface area contributed by atoms with Gasteiger partial charge in [-0.25, -0.2) is 0 Å². The van der Waals surface area contributed by atoms with Crippen LogP contribution in [0.15, 0.2) is 12.2 Å². The molecule has 0 aromatic heterocycles. The van der Waals surface area contributed by atoms with Crippen LogP contribution in [-0.2, 0) is 14.4 Å². The Balaban J connectivity index is 4.70. The summed E-state index contributed by atoms with van der Waals surface area (Å²) in [5.41, 5.74) is 0. The molecule has 0 fully saturated rings. The molecule has 0 amide bonds. The van der Waals surface area contributed by atoms with Crippen LogP contribution < -0.4 is 0 Å². The second-order valence-electron chi connectivity index (χ2n) is 11.9. The fourth-order valence-electron chi connectivity index (χ4n) is 4.97. The van der Waals surface area contributed by atoms with E-state index in [2.05, 4.69) is 19.1 Å². The van der Waals surface area contributed by atoms with Crippen molar-refractivity contribution in [3.05, 3.63) is 12.2 Å². The monoisotopic (exact) mass is 554 g/mol. The van der Waals surface area contributed by atoms with Gasteiger partial charge in [0.1, 0.15) is 0 Å². The zero-order valence-electron chi connectivity index (χ0n) is 25.5. The summed E-state index contributed by atoms with van der Waals surface area (Å²) >= 11 is 0. The Kier molecular flexibility index (Phi) is 21.8. The molecule has 0 aromatic carbocycles. The van der Waals surface area contributed by atoms with Crippen molar-refractivity contribution in [2.45, 2.75) is 130 Å². The van der Waals surface area contributed by atoms with Gasteiger partial charge in [-0.2, -0.15) is 0 Å². The van der Waals surface area contributed by atoms with E-state index in [0.717, 1.165) is 19.4 Å². The molecule has 3 atom stereocenters. The second kappa shape index (κ2) is 22.9. The Morgan fingerprint density at radius 1 is 0.538 bits per heavy atom. The Morgan fingerprint density at radius 3 is 1.23 bits per heavy atom. The zero-order valence-corrected chi connectivity index (χ0v) is 25.5. The smallest absolute Gasteiger partial charge is 0.306 e. The molecule has 0 saturated heterocycles. The van der Waals surface area contributed by atoms with E-state index in [1.807, 2.05) is 0 Å². The summed E-state index contributed by atoms with van der Waals surface area (Å²) in [6, 6.07) is 0. The summed E-state index contributed by atoms with van der Waals surface area (Å²) in [4.78, 5) is 34.4. The first-order chi connectivity index (χ1) is 18.5. The van der Waals surface area contributed by atoms with Crippen molar-refractivity contribution in [2.75, 3.05) is 26.2 Å². The highest BCUT2D eigenvalue weighted by atomic mass is 16.4. The van der Waals surface area contributed by atoms with Gasteiger partial charge in [-0.3, -0.25) is 14.4 Å². The molecule has 3 N–H and O–H groups in total. The first-order valence-corrected chi connectivity index (χ1v) is 15.7. The third-order valence-corrected chi connectivity index (χ3v) is 8.25. The molecule has 0 aliphatic carbocycles. The summed E-state index contributed by atoms with van der Waals surface area (Å²) in [5, 5.41) is 28.2. The van der Waals surface area contributed by atoms with Crippen LogP contribution in [0.5, 0.6) is 0 Å². The Hall–Kier alpha value is -1.89. The van der Waals surface area contributed by atoms with Crippen molar-refractivity contribution in [1.82, 2.24) is 0 Å². The predicted molar refractivity (Wildman–Crippen MR) is 159 cm³/mol. The highest BCUT2D eigenvalue weighted by molar-refractivity contribution is 5.70. The van der Waals surface area contributed by atoms with Crippen molar-refractivity contribution in [3.63, 3.8) is 0 Å². The average molecular weight is 555 g/mol. The van der Waals surface area contributed by atoms with Crippen molar-refractivity contribution in [1.29, 1.82) is 0 Å². The summed E-state index contributed by atoms with van der Waals surface area (Å²) in [7, 11) is 0. The largest absolute Gasteiger partial charge is 0.481 e. The maximum Gasteiger partial charge on any atom is 0.306 e. The molecule has 0 saturated carbocycles. The molecule has 228 valence electrons. The molecule has 3 unspecified atom stereocenters. The van der Waals surface area contributed by atoms with E-state index in [-0.39, 0.29) is 0 Å². The number of rotatable bonds is 27. The minimum absolute atomic E-state index is 0.478. The van der Waals surface area contributed by atoms with Crippen LogP contribution in [0.4, 0.5) is 0 Å². The first-order valence-electron chi connectivity index (χ1n) is 15.7. The topological polar surface area (TPSA) is 112 Å². The summed E-state index contributed by atoms with van der Waals surface area (Å²) in [6.07, 6.45) is 22.0. The fraction of sp³-hybridized carbons (Fsp3) is 0.844. The molecule has 39 heavy (non-hydrogen) atoms. The SMILES string of the molecule is CCC/C=C/CCCCCCCCCCCC[N+](CCC(C)C(=O)O)(CCC(C)C(=O)O)CCC(C)C(=O)O. The van der Waals surface area contributed by atoms with E-state index in [4.69, 9.17) is 0 Å². The summed E-state index contributed by atoms with van der Waals surface area (Å²) < 4.78 is 0.612. The van der Waals surface area contributed by atoms with Gasteiger partial charge in [0.2, 0.25) is 0 Å². The van der Waals surface area contributed by atoms with Crippen molar-refractivity contribution in [3.8, 4) is 0 Å². The summed E-state index contributed by atoms with van der Waals surface area (Å²) in [5.74, 6) is -3.91. The van der Waals surface area contributed by atoms with Gasteiger partial charge in [0.05, 0.1) is 43.9 Å². The van der Waals surface area contributed by atoms with E-state index in [1.165, 1.54) is 70.6 Å². The number of unbranched alkanes of at least 4 members (excludes halogenated alkanes) is 11. The molecule has 7 heteroatoms. The average Bonchev–Trinajstić information content (AvgIpc) is 2.90. The minimum atomic E-state index is -0.824. The third-order valence-electron chi connectivity index (χ3n) is 8.25. The third kappa shape index (κ3) is 19.8. The number of nitrogens with zero attached hydrogens (tertiary/aromatic N) is 1. The maximum absolute atomic E-state index is 11.5. The van der Waals surface area contributed by atoms with Crippen molar-refractivity contribution < 1.29 is 34.2 Å². The van der Waals surface area contributed by atoms with Crippen molar-refractivity contribution in [2.24, 2.45) is 17.8 Å². The van der Waals surface area contributed by atoms with Gasteiger partial charge in [-0.1, -0.05) is 91.2 Å². The molecule has 0 bridgehead atoms. The Bertz CT molecular complexity index is 632. The molecule has 0 aliphatic heterocycles. The van der Waals surface area contributed by atoms with E-state index in [9.17, 15) is 29.7 Å². The number of carbonyl (C=O) groups is 3. The highest BCUT2D eigenvalue weighted by Crippen LogP contribution is 2.22. The number of carboxylic acid groups (broad SMARTS) is 3. The number of hydrogen-bond acceptors (Lipinski definition) is 3. The number of carboxylic acids is 3. The lowest BCUT2D eigenvalue weighted by molar-refractivity contribution is -0.929. The quantitative estimate of drug-likeness (QED) is 0.0543.